The van der Waals surface area contributed by atoms with E-state index in [1.807, 2.05) is 59.3 Å². The molecule has 0 bridgehead atoms. The summed E-state index contributed by atoms with van der Waals surface area (Å²) in [6.07, 6.45) is 0.632. The molecular weight excluding hydrogens is 460 g/mol. The Morgan fingerprint density at radius 3 is 2.61 bits per heavy atom. The second kappa shape index (κ2) is 10.0. The Hall–Kier alpha value is -3.44. The Kier molecular flexibility index (Phi) is 6.90. The van der Waals surface area contributed by atoms with E-state index in [1.54, 1.807) is 11.3 Å². The maximum atomic E-state index is 12.9. The molecule has 3 N–H and O–H groups in total. The van der Waals surface area contributed by atoms with Crippen LogP contribution in [-0.2, 0) is 13.1 Å². The third kappa shape index (κ3) is 4.83. The second-order valence-electron chi connectivity index (χ2n) is 7.24. The highest BCUT2D eigenvalue weighted by molar-refractivity contribution is 7.99. The molecule has 3 heterocycles. The van der Waals surface area contributed by atoms with Crippen molar-refractivity contribution < 1.29 is 4.79 Å². The van der Waals surface area contributed by atoms with Crippen LogP contribution in [0, 0.1) is 0 Å². The van der Waals surface area contributed by atoms with Gasteiger partial charge in [-0.05, 0) is 23.4 Å². The summed E-state index contributed by atoms with van der Waals surface area (Å²) in [7, 11) is 0. The Balaban J connectivity index is 1.63. The largest absolute Gasteiger partial charge is 0.384 e. The van der Waals surface area contributed by atoms with E-state index in [2.05, 4.69) is 15.2 Å². The number of H-pyrrole nitrogens is 1. The van der Waals surface area contributed by atoms with Crippen molar-refractivity contribution in [3.05, 3.63) is 79.8 Å². The quantitative estimate of drug-likeness (QED) is 0.277. The van der Waals surface area contributed by atoms with Crippen molar-refractivity contribution in [3.8, 4) is 10.7 Å². The first kappa shape index (κ1) is 22.7. The smallest absolute Gasteiger partial charge is 0.329 e. The van der Waals surface area contributed by atoms with Gasteiger partial charge in [-0.1, -0.05) is 55.1 Å². The Morgan fingerprint density at radius 1 is 1.12 bits per heavy atom. The van der Waals surface area contributed by atoms with Crippen molar-refractivity contribution in [3.63, 3.8) is 0 Å². The highest BCUT2D eigenvalue weighted by Crippen LogP contribution is 2.28. The number of nitrogens with zero attached hydrogens (tertiary/aromatic N) is 4. The minimum atomic E-state index is -0.777. The van der Waals surface area contributed by atoms with Crippen molar-refractivity contribution in [1.29, 1.82) is 0 Å². The van der Waals surface area contributed by atoms with Gasteiger partial charge in [0.05, 0.1) is 17.2 Å². The number of thioether (sulfide) groups is 1. The second-order valence-corrected chi connectivity index (χ2v) is 9.13. The molecule has 0 amide bonds. The van der Waals surface area contributed by atoms with Crippen molar-refractivity contribution in [2.24, 2.45) is 0 Å². The minimum Gasteiger partial charge on any atom is -0.384 e. The van der Waals surface area contributed by atoms with Crippen LogP contribution in [0.25, 0.3) is 10.7 Å². The maximum absolute atomic E-state index is 12.9. The predicted molar refractivity (Wildman–Crippen MR) is 130 cm³/mol. The number of Topliss-reactive ketones (excluding diaryl/α,β-unsaturated/α-hetero) is 1. The number of aromatic amines is 1. The third-order valence-corrected chi connectivity index (χ3v) is 6.77. The number of thiophene rings is 1. The highest BCUT2D eigenvalue weighted by atomic mass is 32.2. The lowest BCUT2D eigenvalue weighted by Gasteiger charge is -2.11. The standard InChI is InChI=1S/C22H22N6O3S2/c1-2-10-27-18(23)17(20(30)24-21(27)31)15(29)13-33-22-26-25-19(16-9-6-11-32-16)28(22)12-14-7-4-3-5-8-14/h3-9,11H,2,10,12-13,23H2,1H3,(H,24,30,31). The van der Waals surface area contributed by atoms with Gasteiger partial charge in [0.2, 0.25) is 0 Å². The SMILES string of the molecule is CCCn1c(N)c(C(=O)CSc2nnc(-c3cccs3)n2Cc2ccccc2)c(=O)[nH]c1=O. The van der Waals surface area contributed by atoms with Crippen LogP contribution in [-0.4, -0.2) is 35.9 Å². The van der Waals surface area contributed by atoms with Gasteiger partial charge in [0, 0.05) is 6.54 Å². The average molecular weight is 483 g/mol. The third-order valence-electron chi connectivity index (χ3n) is 4.94. The summed E-state index contributed by atoms with van der Waals surface area (Å²) in [5.41, 5.74) is 5.49. The molecule has 0 radical (unpaired) electrons. The van der Waals surface area contributed by atoms with Crippen LogP contribution in [0.4, 0.5) is 5.82 Å². The summed E-state index contributed by atoms with van der Waals surface area (Å²) in [5.74, 6) is 0.0454. The van der Waals surface area contributed by atoms with E-state index in [0.29, 0.717) is 30.5 Å². The molecule has 0 spiro atoms. The van der Waals surface area contributed by atoms with E-state index in [4.69, 9.17) is 5.73 Å². The zero-order valence-electron chi connectivity index (χ0n) is 17.9. The molecule has 1 aromatic carbocycles. The van der Waals surface area contributed by atoms with Crippen molar-refractivity contribution >= 4 is 34.7 Å². The normalized spacial score (nSPS) is 11.1. The molecule has 0 aliphatic heterocycles. The minimum absolute atomic E-state index is 0.0744. The number of anilines is 1. The zero-order valence-corrected chi connectivity index (χ0v) is 19.5. The molecule has 0 aliphatic carbocycles. The fraction of sp³-hybridized carbons (Fsp3) is 0.227. The maximum Gasteiger partial charge on any atom is 0.329 e. The number of carbonyl (C=O) groups excluding carboxylic acids is 1. The molecule has 11 heteroatoms. The van der Waals surface area contributed by atoms with Crippen molar-refractivity contribution in [2.45, 2.75) is 31.6 Å². The van der Waals surface area contributed by atoms with E-state index in [-0.39, 0.29) is 17.1 Å². The Morgan fingerprint density at radius 2 is 1.91 bits per heavy atom. The van der Waals surface area contributed by atoms with Crippen LogP contribution < -0.4 is 17.0 Å². The Labute approximate surface area is 197 Å². The number of hydrogen-bond acceptors (Lipinski definition) is 8. The van der Waals surface area contributed by atoms with Crippen molar-refractivity contribution in [2.75, 3.05) is 11.5 Å². The number of rotatable bonds is 9. The van der Waals surface area contributed by atoms with Gasteiger partial charge in [-0.3, -0.25) is 23.7 Å². The summed E-state index contributed by atoms with van der Waals surface area (Å²) >= 11 is 2.73. The molecule has 0 saturated heterocycles. The number of nitrogen functional groups attached to an aromatic ring is 1. The van der Waals surface area contributed by atoms with Gasteiger partial charge in [0.15, 0.2) is 16.8 Å². The van der Waals surface area contributed by atoms with Gasteiger partial charge in [-0.15, -0.1) is 21.5 Å². The van der Waals surface area contributed by atoms with E-state index in [0.717, 1.165) is 10.4 Å². The predicted octanol–water partition coefficient (Wildman–Crippen LogP) is 2.87. The van der Waals surface area contributed by atoms with Gasteiger partial charge in [0.25, 0.3) is 5.56 Å². The number of carbonyl (C=O) groups is 1. The topological polar surface area (TPSA) is 129 Å². The molecule has 9 nitrogen and oxygen atoms in total. The lowest BCUT2D eigenvalue weighted by molar-refractivity contribution is 0.102. The number of nitrogens with two attached hydrogens (primary N) is 1. The molecule has 4 aromatic rings. The van der Waals surface area contributed by atoms with E-state index in [9.17, 15) is 14.4 Å². The zero-order chi connectivity index (χ0) is 23.4. The first-order valence-corrected chi connectivity index (χ1v) is 12.2. The average Bonchev–Trinajstić information content (AvgIpc) is 3.46. The summed E-state index contributed by atoms with van der Waals surface area (Å²) < 4.78 is 3.16. The van der Waals surface area contributed by atoms with Crippen molar-refractivity contribution in [1.82, 2.24) is 24.3 Å². The number of ketones is 1. The van der Waals surface area contributed by atoms with Crippen LogP contribution in [0.3, 0.4) is 0 Å². The fourth-order valence-electron chi connectivity index (χ4n) is 3.40. The highest BCUT2D eigenvalue weighted by Gasteiger charge is 2.22. The molecule has 0 aliphatic rings. The summed E-state index contributed by atoms with van der Waals surface area (Å²) in [5, 5.41) is 11.2. The summed E-state index contributed by atoms with van der Waals surface area (Å²) in [4.78, 5) is 40.4. The van der Waals surface area contributed by atoms with Crippen LogP contribution >= 0.6 is 23.1 Å². The van der Waals surface area contributed by atoms with Crippen LogP contribution in [0.5, 0.6) is 0 Å². The molecule has 4 rings (SSSR count). The fourth-order valence-corrected chi connectivity index (χ4v) is 4.92. The van der Waals surface area contributed by atoms with E-state index in [1.165, 1.54) is 16.3 Å². The van der Waals surface area contributed by atoms with E-state index < -0.39 is 17.0 Å². The first-order chi connectivity index (χ1) is 16.0. The summed E-state index contributed by atoms with van der Waals surface area (Å²) in [6, 6.07) is 13.8. The molecule has 33 heavy (non-hydrogen) atoms. The van der Waals surface area contributed by atoms with Crippen LogP contribution in [0.15, 0.2) is 62.6 Å². The molecule has 170 valence electrons. The van der Waals surface area contributed by atoms with Gasteiger partial charge in [-0.25, -0.2) is 4.79 Å². The monoisotopic (exact) mass is 482 g/mol. The van der Waals surface area contributed by atoms with E-state index >= 15 is 0 Å². The van der Waals surface area contributed by atoms with Crippen LogP contribution in [0.1, 0.15) is 29.3 Å². The first-order valence-electron chi connectivity index (χ1n) is 10.3. The number of hydrogen-bond donors (Lipinski definition) is 2. The molecule has 0 saturated carbocycles. The number of nitrogens with one attached hydrogen (secondary N) is 1. The number of benzene rings is 1. The summed E-state index contributed by atoms with van der Waals surface area (Å²) in [6.45, 7) is 2.71. The lowest BCUT2D eigenvalue weighted by Crippen LogP contribution is -2.36. The molecular formula is C22H22N6O3S2. The molecule has 3 aromatic heterocycles. The molecule has 0 unspecified atom stereocenters. The van der Waals surface area contributed by atoms with Gasteiger partial charge < -0.3 is 5.73 Å². The molecule has 0 atom stereocenters. The lowest BCUT2D eigenvalue weighted by atomic mass is 10.2. The van der Waals surface area contributed by atoms with Crippen LogP contribution in [0.2, 0.25) is 0 Å². The Bertz CT molecular complexity index is 1370. The molecule has 0 fully saturated rings. The van der Waals surface area contributed by atoms with Gasteiger partial charge >= 0.3 is 5.69 Å². The number of aromatic nitrogens is 5. The van der Waals surface area contributed by atoms with Gasteiger partial charge in [0.1, 0.15) is 11.4 Å². The van der Waals surface area contributed by atoms with Gasteiger partial charge in [-0.2, -0.15) is 0 Å².